The topological polar surface area (TPSA) is 0 Å². The van der Waals surface area contributed by atoms with Gasteiger partial charge in [0.2, 0.25) is 0 Å². The third-order valence-electron chi connectivity index (χ3n) is 3.24. The Morgan fingerprint density at radius 2 is 1.74 bits per heavy atom. The molecule has 0 saturated heterocycles. The third-order valence-corrected chi connectivity index (χ3v) is 3.64. The second-order valence-electron chi connectivity index (χ2n) is 4.75. The van der Waals surface area contributed by atoms with E-state index in [0.29, 0.717) is 12.0 Å². The van der Waals surface area contributed by atoms with Crippen molar-refractivity contribution in [1.29, 1.82) is 0 Å². The number of hydrogen-bond acceptors (Lipinski definition) is 0. The van der Waals surface area contributed by atoms with E-state index in [9.17, 15) is 4.39 Å². The van der Waals surface area contributed by atoms with Crippen molar-refractivity contribution in [3.63, 3.8) is 0 Å². The first kappa shape index (κ1) is 14.1. The molecule has 0 amide bonds. The second-order valence-corrected chi connectivity index (χ2v) is 5.28. The summed E-state index contributed by atoms with van der Waals surface area (Å²) in [5.41, 5.74) is 3.03. The van der Waals surface area contributed by atoms with Crippen LogP contribution in [0.15, 0.2) is 48.5 Å². The minimum atomic E-state index is -0.187. The molecule has 0 N–H and O–H groups in total. The van der Waals surface area contributed by atoms with Gasteiger partial charge in [-0.25, -0.2) is 4.39 Å². The first-order chi connectivity index (χ1) is 9.20. The summed E-state index contributed by atoms with van der Waals surface area (Å²) in [6, 6.07) is 15.1. The number of aryl methyl sites for hydroxylation is 1. The van der Waals surface area contributed by atoms with E-state index in [1.807, 2.05) is 18.2 Å². The highest BCUT2D eigenvalue weighted by Crippen LogP contribution is 2.26. The molecular weight excluding hydrogens is 259 g/mol. The fourth-order valence-electron chi connectivity index (χ4n) is 2.16. The van der Waals surface area contributed by atoms with Gasteiger partial charge in [0.05, 0.1) is 5.38 Å². The van der Waals surface area contributed by atoms with Crippen molar-refractivity contribution < 1.29 is 4.39 Å². The van der Waals surface area contributed by atoms with E-state index >= 15 is 0 Å². The van der Waals surface area contributed by atoms with Crippen LogP contribution in [-0.4, -0.2) is 0 Å². The first-order valence-corrected chi connectivity index (χ1v) is 7.10. The smallest absolute Gasteiger partial charge is 0.126 e. The quantitative estimate of drug-likeness (QED) is 0.650. The number of alkyl halides is 1. The van der Waals surface area contributed by atoms with E-state index in [1.165, 1.54) is 11.6 Å². The summed E-state index contributed by atoms with van der Waals surface area (Å²) in [7, 11) is 0. The summed E-state index contributed by atoms with van der Waals surface area (Å²) in [6.07, 6.45) is 2.74. The Balaban J connectivity index is 2.07. The summed E-state index contributed by atoms with van der Waals surface area (Å²) in [4.78, 5) is 0. The van der Waals surface area contributed by atoms with Crippen molar-refractivity contribution >= 4 is 11.6 Å². The van der Waals surface area contributed by atoms with Crippen LogP contribution < -0.4 is 0 Å². The maximum Gasteiger partial charge on any atom is 0.126 e. The van der Waals surface area contributed by atoms with Crippen LogP contribution in [0, 0.1) is 5.82 Å². The second kappa shape index (κ2) is 6.72. The van der Waals surface area contributed by atoms with Gasteiger partial charge >= 0.3 is 0 Å². The van der Waals surface area contributed by atoms with Crippen molar-refractivity contribution in [2.45, 2.75) is 31.6 Å². The molecule has 0 fully saturated rings. The molecule has 0 aliphatic carbocycles. The van der Waals surface area contributed by atoms with E-state index < -0.39 is 0 Å². The summed E-state index contributed by atoms with van der Waals surface area (Å²) in [6.45, 7) is 2.16. The summed E-state index contributed by atoms with van der Waals surface area (Å²) < 4.78 is 13.6. The molecule has 0 aliphatic heterocycles. The molecule has 0 aliphatic rings. The van der Waals surface area contributed by atoms with Gasteiger partial charge in [0.1, 0.15) is 5.82 Å². The lowest BCUT2D eigenvalue weighted by Crippen LogP contribution is -1.98. The van der Waals surface area contributed by atoms with Gasteiger partial charge in [-0.15, -0.1) is 11.6 Å². The number of benzene rings is 2. The summed E-state index contributed by atoms with van der Waals surface area (Å²) >= 11 is 6.38. The molecule has 2 heteroatoms. The zero-order chi connectivity index (χ0) is 13.7. The average molecular weight is 277 g/mol. The molecule has 0 saturated carbocycles. The van der Waals surface area contributed by atoms with Gasteiger partial charge in [0, 0.05) is 0 Å². The predicted octanol–water partition coefficient (Wildman–Crippen LogP) is 5.30. The fourth-order valence-corrected chi connectivity index (χ4v) is 2.47. The van der Waals surface area contributed by atoms with E-state index in [4.69, 9.17) is 11.6 Å². The minimum Gasteiger partial charge on any atom is -0.207 e. The molecule has 2 aromatic rings. The van der Waals surface area contributed by atoms with Crippen LogP contribution >= 0.6 is 11.6 Å². The number of halogens is 2. The Morgan fingerprint density at radius 3 is 2.37 bits per heavy atom. The highest BCUT2D eigenvalue weighted by molar-refractivity contribution is 6.20. The van der Waals surface area contributed by atoms with Gasteiger partial charge in [-0.2, -0.15) is 0 Å². The Morgan fingerprint density at radius 1 is 1.05 bits per heavy atom. The van der Waals surface area contributed by atoms with E-state index in [1.54, 1.807) is 12.1 Å². The van der Waals surface area contributed by atoms with E-state index in [-0.39, 0.29) is 11.2 Å². The molecule has 0 bridgehead atoms. The first-order valence-electron chi connectivity index (χ1n) is 6.67. The Labute approximate surface area is 119 Å². The van der Waals surface area contributed by atoms with Gasteiger partial charge in [-0.1, -0.05) is 55.8 Å². The van der Waals surface area contributed by atoms with Gasteiger partial charge in [-0.3, -0.25) is 0 Å². The highest BCUT2D eigenvalue weighted by atomic mass is 35.5. The largest absolute Gasteiger partial charge is 0.207 e. The minimum absolute atomic E-state index is 0.184. The van der Waals surface area contributed by atoms with Crippen molar-refractivity contribution in [3.05, 3.63) is 71.0 Å². The molecular formula is C17H18ClF. The maximum atomic E-state index is 13.6. The van der Waals surface area contributed by atoms with Crippen molar-refractivity contribution in [1.82, 2.24) is 0 Å². The van der Waals surface area contributed by atoms with Crippen LogP contribution in [0.1, 0.15) is 35.4 Å². The molecule has 2 rings (SSSR count). The van der Waals surface area contributed by atoms with Gasteiger partial charge < -0.3 is 0 Å². The van der Waals surface area contributed by atoms with Crippen LogP contribution in [0.3, 0.4) is 0 Å². The van der Waals surface area contributed by atoms with E-state index in [0.717, 1.165) is 18.4 Å². The molecule has 1 atom stereocenters. The highest BCUT2D eigenvalue weighted by Gasteiger charge is 2.11. The van der Waals surface area contributed by atoms with Crippen LogP contribution in [0.4, 0.5) is 4.39 Å². The van der Waals surface area contributed by atoms with Crippen molar-refractivity contribution in [2.24, 2.45) is 0 Å². The Bertz CT molecular complexity index is 519. The average Bonchev–Trinajstić information content (AvgIpc) is 2.42. The van der Waals surface area contributed by atoms with Crippen LogP contribution in [0.5, 0.6) is 0 Å². The molecule has 0 radical (unpaired) electrons. The van der Waals surface area contributed by atoms with Crippen LogP contribution in [0.25, 0.3) is 0 Å². The maximum absolute atomic E-state index is 13.6. The van der Waals surface area contributed by atoms with Crippen LogP contribution in [0.2, 0.25) is 0 Å². The SMILES string of the molecule is CCCc1ccc(C(Cl)Cc2ccccc2F)cc1. The van der Waals surface area contributed by atoms with Gasteiger partial charge in [0.25, 0.3) is 0 Å². The van der Waals surface area contributed by atoms with E-state index in [2.05, 4.69) is 19.1 Å². The van der Waals surface area contributed by atoms with Crippen molar-refractivity contribution in [2.75, 3.05) is 0 Å². The number of rotatable bonds is 5. The zero-order valence-electron chi connectivity index (χ0n) is 11.1. The molecule has 0 aromatic heterocycles. The lowest BCUT2D eigenvalue weighted by Gasteiger charge is -2.11. The Hall–Kier alpha value is -1.34. The molecule has 100 valence electrons. The fraction of sp³-hybridized carbons (Fsp3) is 0.294. The van der Waals surface area contributed by atoms with Gasteiger partial charge in [-0.05, 0) is 35.6 Å². The standard InChI is InChI=1S/C17H18ClF/c1-2-5-13-8-10-14(11-9-13)16(18)12-15-6-3-4-7-17(15)19/h3-4,6-11,16H,2,5,12H2,1H3. The predicted molar refractivity (Wildman–Crippen MR) is 79.1 cm³/mol. The summed E-state index contributed by atoms with van der Waals surface area (Å²) in [5, 5.41) is -0.187. The van der Waals surface area contributed by atoms with Crippen LogP contribution in [-0.2, 0) is 12.8 Å². The molecule has 2 aromatic carbocycles. The monoisotopic (exact) mass is 276 g/mol. The number of hydrogen-bond donors (Lipinski definition) is 0. The molecule has 1 unspecified atom stereocenters. The summed E-state index contributed by atoms with van der Waals surface area (Å²) in [5.74, 6) is -0.184. The molecule has 0 spiro atoms. The molecule has 0 nitrogen and oxygen atoms in total. The lowest BCUT2D eigenvalue weighted by molar-refractivity contribution is 0.607. The van der Waals surface area contributed by atoms with Gasteiger partial charge in [0.15, 0.2) is 0 Å². The zero-order valence-corrected chi connectivity index (χ0v) is 11.8. The third kappa shape index (κ3) is 3.81. The van der Waals surface area contributed by atoms with Crippen molar-refractivity contribution in [3.8, 4) is 0 Å². The molecule has 19 heavy (non-hydrogen) atoms. The normalized spacial score (nSPS) is 12.4. The Kier molecular flexibility index (Phi) is 4.98. The molecule has 0 heterocycles. The lowest BCUT2D eigenvalue weighted by atomic mass is 10.0.